The number of aliphatic carboxylic acids is 1. The highest BCUT2D eigenvalue weighted by Gasteiger charge is 2.22. The highest BCUT2D eigenvalue weighted by Crippen LogP contribution is 2.27. The summed E-state index contributed by atoms with van der Waals surface area (Å²) in [5.41, 5.74) is -0.718. The molecule has 0 unspecified atom stereocenters. The minimum Gasteiger partial charge on any atom is -0.481 e. The zero-order valence-corrected chi connectivity index (χ0v) is 8.13. The van der Waals surface area contributed by atoms with Crippen molar-refractivity contribution in [1.82, 2.24) is 0 Å². The number of carboxylic acid groups (broad SMARTS) is 1. The van der Waals surface area contributed by atoms with Gasteiger partial charge in [0.25, 0.3) is 0 Å². The van der Waals surface area contributed by atoms with Gasteiger partial charge in [-0.15, -0.1) is 0 Å². The first-order valence-electron chi connectivity index (χ1n) is 3.96. The average molecular weight is 237 g/mol. The van der Waals surface area contributed by atoms with Crippen molar-refractivity contribution in [2.75, 3.05) is 0 Å². The molecule has 1 rings (SSSR count). The Bertz CT molecular complexity index is 395. The van der Waals surface area contributed by atoms with E-state index in [1.54, 1.807) is 0 Å². The lowest BCUT2D eigenvalue weighted by atomic mass is 10.1. The number of halogens is 3. The summed E-state index contributed by atoms with van der Waals surface area (Å²) in [5.74, 6) is -3.52. The molecule has 0 heterocycles. The van der Waals surface area contributed by atoms with E-state index in [0.29, 0.717) is 0 Å². The molecule has 1 atom stereocenters. The summed E-state index contributed by atoms with van der Waals surface area (Å²) in [6.45, 7) is 0. The molecule has 2 N–H and O–H groups in total. The number of carboxylic acids is 1. The number of hydrogen-bond acceptors (Lipinski definition) is 2. The van der Waals surface area contributed by atoms with Crippen molar-refractivity contribution in [3.05, 3.63) is 34.4 Å². The van der Waals surface area contributed by atoms with Crippen molar-refractivity contribution in [2.24, 2.45) is 0 Å². The topological polar surface area (TPSA) is 57.5 Å². The highest BCUT2D eigenvalue weighted by molar-refractivity contribution is 6.30. The summed E-state index contributed by atoms with van der Waals surface area (Å²) in [4.78, 5) is 10.3. The van der Waals surface area contributed by atoms with Gasteiger partial charge in [0.2, 0.25) is 0 Å². The number of aliphatic hydroxyl groups excluding tert-OH is 1. The molecule has 3 nitrogen and oxygen atoms in total. The first kappa shape index (κ1) is 11.9. The summed E-state index contributed by atoms with van der Waals surface area (Å²) in [6.07, 6.45) is -2.53. The molecule has 0 radical (unpaired) electrons. The van der Waals surface area contributed by atoms with Crippen LogP contribution in [0.5, 0.6) is 0 Å². The van der Waals surface area contributed by atoms with E-state index in [1.807, 2.05) is 0 Å². The lowest BCUT2D eigenvalue weighted by Crippen LogP contribution is -2.09. The van der Waals surface area contributed by atoms with Gasteiger partial charge in [-0.2, -0.15) is 0 Å². The molecule has 0 aliphatic rings. The molecule has 0 spiro atoms. The van der Waals surface area contributed by atoms with Gasteiger partial charge in [0, 0.05) is 0 Å². The molecule has 82 valence electrons. The molecule has 0 amide bonds. The summed E-state index contributed by atoms with van der Waals surface area (Å²) in [5, 5.41) is 17.3. The van der Waals surface area contributed by atoms with Crippen LogP contribution in [0.1, 0.15) is 18.1 Å². The quantitative estimate of drug-likeness (QED) is 0.791. The van der Waals surface area contributed by atoms with E-state index >= 15 is 0 Å². The average Bonchev–Trinajstić information content (AvgIpc) is 2.11. The van der Waals surface area contributed by atoms with Crippen LogP contribution >= 0.6 is 11.6 Å². The SMILES string of the molecule is O=C(O)C[C@@H](O)c1c(F)ccc(Cl)c1F. The van der Waals surface area contributed by atoms with Gasteiger partial charge >= 0.3 is 5.97 Å². The second-order valence-corrected chi connectivity index (χ2v) is 3.28. The number of aliphatic hydroxyl groups is 1. The molecule has 0 saturated carbocycles. The van der Waals surface area contributed by atoms with Crippen LogP contribution in [0.15, 0.2) is 12.1 Å². The smallest absolute Gasteiger partial charge is 0.306 e. The van der Waals surface area contributed by atoms with E-state index in [4.69, 9.17) is 16.7 Å². The van der Waals surface area contributed by atoms with Crippen LogP contribution < -0.4 is 0 Å². The van der Waals surface area contributed by atoms with Crippen LogP contribution in [-0.4, -0.2) is 16.2 Å². The van der Waals surface area contributed by atoms with Crippen molar-refractivity contribution in [3.8, 4) is 0 Å². The monoisotopic (exact) mass is 236 g/mol. The number of benzene rings is 1. The van der Waals surface area contributed by atoms with Crippen molar-refractivity contribution < 1.29 is 23.8 Å². The zero-order valence-electron chi connectivity index (χ0n) is 7.38. The summed E-state index contributed by atoms with van der Waals surface area (Å²) < 4.78 is 26.3. The van der Waals surface area contributed by atoms with Gasteiger partial charge in [-0.05, 0) is 12.1 Å². The summed E-state index contributed by atoms with van der Waals surface area (Å²) in [7, 11) is 0. The minimum atomic E-state index is -1.75. The Morgan fingerprint density at radius 1 is 1.47 bits per heavy atom. The van der Waals surface area contributed by atoms with Crippen LogP contribution in [0.25, 0.3) is 0 Å². The first-order chi connectivity index (χ1) is 6.93. The maximum atomic E-state index is 13.2. The van der Waals surface area contributed by atoms with Gasteiger partial charge in [-0.3, -0.25) is 4.79 Å². The molecule has 6 heteroatoms. The molecule has 0 saturated heterocycles. The molecule has 1 aromatic rings. The third kappa shape index (κ3) is 2.64. The normalized spacial score (nSPS) is 12.5. The largest absolute Gasteiger partial charge is 0.481 e. The minimum absolute atomic E-state index is 0.365. The molecule has 1 aromatic carbocycles. The van der Waals surface area contributed by atoms with Crippen LogP contribution in [0.2, 0.25) is 5.02 Å². The molecule has 0 bridgehead atoms. The molecular weight excluding hydrogens is 230 g/mol. The second kappa shape index (κ2) is 4.55. The lowest BCUT2D eigenvalue weighted by molar-refractivity contribution is -0.139. The molecule has 0 aromatic heterocycles. The Morgan fingerprint density at radius 2 is 2.07 bits per heavy atom. The molecule has 0 fully saturated rings. The third-order valence-electron chi connectivity index (χ3n) is 1.78. The Kier molecular flexibility index (Phi) is 3.60. The summed E-state index contributed by atoms with van der Waals surface area (Å²) >= 11 is 5.37. The predicted octanol–water partition coefficient (Wildman–Crippen LogP) is 2.13. The van der Waals surface area contributed by atoms with Gasteiger partial charge in [0.15, 0.2) is 5.82 Å². The van der Waals surface area contributed by atoms with Crippen LogP contribution in [-0.2, 0) is 4.79 Å². The Hall–Kier alpha value is -1.20. The van der Waals surface area contributed by atoms with Gasteiger partial charge < -0.3 is 10.2 Å². The number of carbonyl (C=O) groups is 1. The summed E-state index contributed by atoms with van der Waals surface area (Å²) in [6, 6.07) is 1.86. The Balaban J connectivity index is 3.12. The molecule has 0 aliphatic heterocycles. The van der Waals surface area contributed by atoms with E-state index < -0.39 is 35.7 Å². The van der Waals surface area contributed by atoms with Crippen LogP contribution in [0.4, 0.5) is 8.78 Å². The number of rotatable bonds is 3. The lowest BCUT2D eigenvalue weighted by Gasteiger charge is -2.11. The van der Waals surface area contributed by atoms with E-state index in [0.717, 1.165) is 12.1 Å². The maximum absolute atomic E-state index is 13.2. The van der Waals surface area contributed by atoms with Gasteiger partial charge in [0.05, 0.1) is 23.1 Å². The fourth-order valence-corrected chi connectivity index (χ4v) is 1.28. The van der Waals surface area contributed by atoms with Crippen molar-refractivity contribution in [3.63, 3.8) is 0 Å². The van der Waals surface area contributed by atoms with Crippen molar-refractivity contribution in [1.29, 1.82) is 0 Å². The van der Waals surface area contributed by atoms with E-state index in [9.17, 15) is 18.7 Å². The maximum Gasteiger partial charge on any atom is 0.306 e. The predicted molar refractivity (Wildman–Crippen MR) is 48.6 cm³/mol. The van der Waals surface area contributed by atoms with Crippen molar-refractivity contribution in [2.45, 2.75) is 12.5 Å². The van der Waals surface area contributed by atoms with Crippen LogP contribution in [0.3, 0.4) is 0 Å². The molecule has 15 heavy (non-hydrogen) atoms. The molecular formula is C9H7ClF2O3. The van der Waals surface area contributed by atoms with E-state index in [2.05, 4.69) is 0 Å². The van der Waals surface area contributed by atoms with Gasteiger partial charge in [0.1, 0.15) is 5.82 Å². The fraction of sp³-hybridized carbons (Fsp3) is 0.222. The van der Waals surface area contributed by atoms with E-state index in [1.165, 1.54) is 0 Å². The zero-order chi connectivity index (χ0) is 11.6. The van der Waals surface area contributed by atoms with Crippen molar-refractivity contribution >= 4 is 17.6 Å². The van der Waals surface area contributed by atoms with Crippen LogP contribution in [0, 0.1) is 11.6 Å². The Morgan fingerprint density at radius 3 is 2.60 bits per heavy atom. The standard InChI is InChI=1S/C9H7ClF2O3/c10-4-1-2-5(11)8(9(4)12)6(13)3-7(14)15/h1-2,6,13H,3H2,(H,14,15)/t6-/m1/s1. The number of hydrogen-bond donors (Lipinski definition) is 2. The van der Waals surface area contributed by atoms with Gasteiger partial charge in [-0.1, -0.05) is 11.6 Å². The fourth-order valence-electron chi connectivity index (χ4n) is 1.12. The molecule has 0 aliphatic carbocycles. The van der Waals surface area contributed by atoms with Gasteiger partial charge in [-0.25, -0.2) is 8.78 Å². The van der Waals surface area contributed by atoms with E-state index in [-0.39, 0.29) is 5.02 Å². The third-order valence-corrected chi connectivity index (χ3v) is 2.07. The highest BCUT2D eigenvalue weighted by atomic mass is 35.5. The Labute approximate surface area is 88.9 Å². The second-order valence-electron chi connectivity index (χ2n) is 2.87. The first-order valence-corrected chi connectivity index (χ1v) is 4.34.